The molecule has 2 rings (SSSR count). The van der Waals surface area contributed by atoms with Gasteiger partial charge in [-0.15, -0.1) is 0 Å². The van der Waals surface area contributed by atoms with Crippen LogP contribution in [-0.4, -0.2) is 9.85 Å². The summed E-state index contributed by atoms with van der Waals surface area (Å²) >= 11 is 0. The maximum Gasteiger partial charge on any atom is 0.416 e. The number of alkyl halides is 3. The summed E-state index contributed by atoms with van der Waals surface area (Å²) < 4.78 is 38.4. The van der Waals surface area contributed by atoms with Crippen LogP contribution in [0.4, 0.5) is 24.5 Å². The predicted octanol–water partition coefficient (Wildman–Crippen LogP) is 4.31. The summed E-state index contributed by atoms with van der Waals surface area (Å²) in [5.74, 6) is 0. The van der Waals surface area contributed by atoms with Crippen LogP contribution in [0.5, 0.6) is 0 Å². The third-order valence-corrected chi connectivity index (χ3v) is 3.43. The van der Waals surface area contributed by atoms with E-state index in [4.69, 9.17) is 0 Å². The van der Waals surface area contributed by atoms with Crippen LogP contribution < -0.4 is 0 Å². The Bertz CT molecular complexity index is 741. The van der Waals surface area contributed by atoms with Gasteiger partial charge in [0.05, 0.1) is 15.4 Å². The van der Waals surface area contributed by atoms with E-state index < -0.39 is 33.0 Å². The lowest BCUT2D eigenvalue weighted by Gasteiger charge is -2.10. The fourth-order valence-corrected chi connectivity index (χ4v) is 2.30. The van der Waals surface area contributed by atoms with E-state index >= 15 is 0 Å². The summed E-state index contributed by atoms with van der Waals surface area (Å²) in [6.07, 6.45) is -4.80. The zero-order valence-electron chi connectivity index (χ0n) is 12.1. The van der Waals surface area contributed by atoms with Gasteiger partial charge in [-0.2, -0.15) is 13.2 Å². The number of benzene rings is 2. The number of hydrogen-bond acceptors (Lipinski definition) is 4. The molecule has 0 aliphatic rings. The van der Waals surface area contributed by atoms with E-state index in [-0.39, 0.29) is 18.4 Å². The lowest BCUT2D eigenvalue weighted by molar-refractivity contribution is -0.395. The fraction of sp³-hybridized carbons (Fsp3) is 0.200. The number of aryl methyl sites for hydroxylation is 1. The largest absolute Gasteiger partial charge is 0.416 e. The first-order valence-corrected chi connectivity index (χ1v) is 6.77. The Balaban J connectivity index is 2.51. The normalized spacial score (nSPS) is 11.3. The average Bonchev–Trinajstić information content (AvgIpc) is 2.51. The maximum atomic E-state index is 12.8. The van der Waals surface area contributed by atoms with Crippen molar-refractivity contribution in [3.8, 4) is 0 Å². The first kappa shape index (κ1) is 17.4. The molecule has 0 heterocycles. The van der Waals surface area contributed by atoms with Gasteiger partial charge in [-0.3, -0.25) is 20.2 Å². The zero-order chi connectivity index (χ0) is 17.9. The van der Waals surface area contributed by atoms with Crippen LogP contribution in [0.2, 0.25) is 0 Å². The third kappa shape index (κ3) is 3.86. The van der Waals surface area contributed by atoms with Crippen LogP contribution in [0.3, 0.4) is 0 Å². The molecular formula is C15H11F3N2O4. The molecule has 0 aromatic heterocycles. The molecule has 2 aromatic carbocycles. The van der Waals surface area contributed by atoms with Gasteiger partial charge in [0.1, 0.15) is 5.56 Å². The highest BCUT2D eigenvalue weighted by Crippen LogP contribution is 2.38. The quantitative estimate of drug-likeness (QED) is 0.599. The van der Waals surface area contributed by atoms with Crippen LogP contribution in [0.25, 0.3) is 0 Å². The Kier molecular flexibility index (Phi) is 4.82. The van der Waals surface area contributed by atoms with Crippen molar-refractivity contribution in [2.45, 2.75) is 19.0 Å². The molecule has 0 bridgehead atoms. The molecule has 0 radical (unpaired) electrons. The summed E-state index contributed by atoms with van der Waals surface area (Å²) in [6.45, 7) is 0. The molecule has 0 N–H and O–H groups in total. The molecule has 0 aliphatic heterocycles. The number of nitro benzene ring substituents is 2. The van der Waals surface area contributed by atoms with Gasteiger partial charge in [-0.25, -0.2) is 0 Å². The van der Waals surface area contributed by atoms with Crippen molar-refractivity contribution in [2.24, 2.45) is 0 Å². The van der Waals surface area contributed by atoms with Gasteiger partial charge < -0.3 is 0 Å². The summed E-state index contributed by atoms with van der Waals surface area (Å²) in [5, 5.41) is 22.2. The van der Waals surface area contributed by atoms with Crippen LogP contribution in [0.1, 0.15) is 16.7 Å². The van der Waals surface area contributed by atoms with Gasteiger partial charge in [0.25, 0.3) is 11.4 Å². The van der Waals surface area contributed by atoms with Gasteiger partial charge >= 0.3 is 6.18 Å². The van der Waals surface area contributed by atoms with Crippen molar-refractivity contribution in [2.75, 3.05) is 0 Å². The van der Waals surface area contributed by atoms with Gasteiger partial charge in [0, 0.05) is 12.1 Å². The first-order valence-electron chi connectivity index (χ1n) is 6.77. The molecule has 0 saturated heterocycles. The second kappa shape index (κ2) is 6.65. The van der Waals surface area contributed by atoms with Crippen molar-refractivity contribution < 1.29 is 23.0 Å². The number of nitro groups is 2. The first-order chi connectivity index (χ1) is 11.2. The van der Waals surface area contributed by atoms with E-state index in [1.165, 1.54) is 0 Å². The molecule has 0 aliphatic carbocycles. The van der Waals surface area contributed by atoms with Gasteiger partial charge in [0.15, 0.2) is 0 Å². The molecule has 6 nitrogen and oxygen atoms in total. The fourth-order valence-electron chi connectivity index (χ4n) is 2.30. The van der Waals surface area contributed by atoms with Crippen molar-refractivity contribution in [3.63, 3.8) is 0 Å². The summed E-state index contributed by atoms with van der Waals surface area (Å²) in [4.78, 5) is 20.2. The van der Waals surface area contributed by atoms with Gasteiger partial charge in [-0.1, -0.05) is 30.3 Å². The summed E-state index contributed by atoms with van der Waals surface area (Å²) in [7, 11) is 0. The van der Waals surface area contributed by atoms with Crippen molar-refractivity contribution in [1.29, 1.82) is 0 Å². The van der Waals surface area contributed by atoms with Crippen LogP contribution in [-0.2, 0) is 19.0 Å². The van der Waals surface area contributed by atoms with E-state index in [9.17, 15) is 33.4 Å². The second-order valence-electron chi connectivity index (χ2n) is 4.99. The van der Waals surface area contributed by atoms with E-state index in [2.05, 4.69) is 0 Å². The predicted molar refractivity (Wildman–Crippen MR) is 78.6 cm³/mol. The van der Waals surface area contributed by atoms with E-state index in [0.29, 0.717) is 12.1 Å². The SMILES string of the molecule is O=[N+]([O-])c1cc(C(F)(F)F)cc([N+](=O)[O-])c1CCc1ccccc1. The van der Waals surface area contributed by atoms with Gasteiger partial charge in [0.2, 0.25) is 0 Å². The average molecular weight is 340 g/mol. The highest BCUT2D eigenvalue weighted by atomic mass is 19.4. The van der Waals surface area contributed by atoms with E-state index in [0.717, 1.165) is 5.56 Å². The topological polar surface area (TPSA) is 86.3 Å². The molecule has 0 spiro atoms. The molecule has 24 heavy (non-hydrogen) atoms. The minimum absolute atomic E-state index is 0.116. The second-order valence-corrected chi connectivity index (χ2v) is 4.99. The summed E-state index contributed by atoms with van der Waals surface area (Å²) in [5.41, 5.74) is -2.76. The van der Waals surface area contributed by atoms with Crippen LogP contribution in [0.15, 0.2) is 42.5 Å². The monoisotopic (exact) mass is 340 g/mol. The molecule has 0 atom stereocenters. The smallest absolute Gasteiger partial charge is 0.258 e. The van der Waals surface area contributed by atoms with Gasteiger partial charge in [-0.05, 0) is 18.4 Å². The maximum absolute atomic E-state index is 12.8. The number of rotatable bonds is 5. The molecule has 2 aromatic rings. The molecule has 0 unspecified atom stereocenters. The summed E-state index contributed by atoms with van der Waals surface area (Å²) in [6, 6.07) is 9.34. The Hall–Kier alpha value is -2.97. The standard InChI is InChI=1S/C15H11F3N2O4/c16-15(17,18)11-8-13(19(21)22)12(14(9-11)20(23)24)7-6-10-4-2-1-3-5-10/h1-5,8-9H,6-7H2. The Morgan fingerprint density at radius 1 is 0.875 bits per heavy atom. The molecule has 0 saturated carbocycles. The minimum Gasteiger partial charge on any atom is -0.258 e. The van der Waals surface area contributed by atoms with Crippen LogP contribution >= 0.6 is 0 Å². The highest BCUT2D eigenvalue weighted by Gasteiger charge is 2.37. The molecular weight excluding hydrogens is 329 g/mol. The number of nitrogens with zero attached hydrogens (tertiary/aromatic N) is 2. The molecule has 0 fully saturated rings. The van der Waals surface area contributed by atoms with Crippen LogP contribution in [0, 0.1) is 20.2 Å². The molecule has 126 valence electrons. The Morgan fingerprint density at radius 2 is 1.38 bits per heavy atom. The van der Waals surface area contributed by atoms with Crippen molar-refractivity contribution >= 4 is 11.4 Å². The third-order valence-electron chi connectivity index (χ3n) is 3.43. The minimum atomic E-state index is -4.91. The van der Waals surface area contributed by atoms with Crippen molar-refractivity contribution in [1.82, 2.24) is 0 Å². The van der Waals surface area contributed by atoms with Crippen molar-refractivity contribution in [3.05, 3.63) is 79.4 Å². The Labute approximate surface area is 133 Å². The number of hydrogen-bond donors (Lipinski definition) is 0. The lowest BCUT2D eigenvalue weighted by atomic mass is 9.99. The highest BCUT2D eigenvalue weighted by molar-refractivity contribution is 5.57. The molecule has 0 amide bonds. The van der Waals surface area contributed by atoms with E-state index in [1.807, 2.05) is 0 Å². The lowest BCUT2D eigenvalue weighted by Crippen LogP contribution is -2.10. The van der Waals surface area contributed by atoms with E-state index in [1.54, 1.807) is 30.3 Å². The zero-order valence-corrected chi connectivity index (χ0v) is 12.1. The Morgan fingerprint density at radius 3 is 1.79 bits per heavy atom. The number of halogens is 3. The molecule has 9 heteroatoms.